The number of phenolic OH excluding ortho intramolecular Hbond substituents is 1. The second-order valence-corrected chi connectivity index (χ2v) is 9.47. The van der Waals surface area contributed by atoms with E-state index in [1.165, 1.54) is 11.3 Å². The summed E-state index contributed by atoms with van der Waals surface area (Å²) in [7, 11) is -3.46. The third-order valence-electron chi connectivity index (χ3n) is 4.56. The number of hydrogen-bond acceptors (Lipinski definition) is 6. The number of nitrogens with one attached hydrogen (secondary N) is 2. The molecule has 0 unspecified atom stereocenters. The van der Waals surface area contributed by atoms with Gasteiger partial charge in [0, 0.05) is 39.3 Å². The topological polar surface area (TPSA) is 97.3 Å². The molecule has 2 heterocycles. The number of anilines is 1. The van der Waals surface area contributed by atoms with Gasteiger partial charge in [-0.15, -0.1) is 11.3 Å². The van der Waals surface area contributed by atoms with Gasteiger partial charge in [0.1, 0.15) is 9.96 Å². The third kappa shape index (κ3) is 5.62. The van der Waals surface area contributed by atoms with Gasteiger partial charge in [-0.2, -0.15) is 0 Å². The summed E-state index contributed by atoms with van der Waals surface area (Å²) in [5.41, 5.74) is 0.845. The minimum Gasteiger partial charge on any atom is -0.506 e. The fraction of sp³-hybridized carbons (Fsp3) is 0.421. The van der Waals surface area contributed by atoms with Gasteiger partial charge in [0.15, 0.2) is 5.96 Å². The van der Waals surface area contributed by atoms with Gasteiger partial charge in [-0.1, -0.05) is 18.2 Å². The standard InChI is InChI=1S/C19H27N5O3S2/c1-2-20-19(21-9-10-22-29(26,27)18-8-5-15-28-18)24-13-11-23(12-14-24)16-6-3-4-7-17(16)25/h3-8,15,22,25H,2,9-14H2,1H3,(H,20,21). The smallest absolute Gasteiger partial charge is 0.250 e. The molecule has 1 aliphatic heterocycles. The Morgan fingerprint density at radius 2 is 1.93 bits per heavy atom. The fourth-order valence-corrected chi connectivity index (χ4v) is 5.20. The van der Waals surface area contributed by atoms with Gasteiger partial charge in [0.05, 0.1) is 12.2 Å². The van der Waals surface area contributed by atoms with E-state index in [1.54, 1.807) is 23.6 Å². The minimum atomic E-state index is -3.46. The summed E-state index contributed by atoms with van der Waals surface area (Å²) >= 11 is 1.20. The second-order valence-electron chi connectivity index (χ2n) is 6.53. The molecule has 2 aromatic rings. The summed E-state index contributed by atoms with van der Waals surface area (Å²) in [5, 5.41) is 15.1. The highest BCUT2D eigenvalue weighted by Crippen LogP contribution is 2.27. The monoisotopic (exact) mass is 437 g/mol. The number of piperazine rings is 1. The highest BCUT2D eigenvalue weighted by Gasteiger charge is 2.21. The van der Waals surface area contributed by atoms with Crippen LogP contribution < -0.4 is 14.9 Å². The Labute approximate surface area is 175 Å². The first-order valence-electron chi connectivity index (χ1n) is 9.60. The van der Waals surface area contributed by atoms with Crippen LogP contribution in [-0.4, -0.2) is 70.2 Å². The van der Waals surface area contributed by atoms with Gasteiger partial charge in [-0.3, -0.25) is 4.99 Å². The Kier molecular flexibility index (Phi) is 7.34. The van der Waals surface area contributed by atoms with Crippen LogP contribution >= 0.6 is 11.3 Å². The number of sulfonamides is 1. The van der Waals surface area contributed by atoms with Crippen molar-refractivity contribution in [3.8, 4) is 5.75 Å². The molecule has 1 fully saturated rings. The van der Waals surface area contributed by atoms with E-state index in [9.17, 15) is 13.5 Å². The van der Waals surface area contributed by atoms with E-state index in [0.717, 1.165) is 44.4 Å². The van der Waals surface area contributed by atoms with E-state index >= 15 is 0 Å². The second kappa shape index (κ2) is 9.95. The molecule has 10 heteroatoms. The van der Waals surface area contributed by atoms with Crippen LogP contribution in [0.4, 0.5) is 5.69 Å². The number of para-hydroxylation sites is 2. The number of thiophene rings is 1. The zero-order valence-corrected chi connectivity index (χ0v) is 18.0. The molecule has 0 aliphatic carbocycles. The molecule has 158 valence electrons. The zero-order chi connectivity index (χ0) is 20.7. The predicted molar refractivity (Wildman–Crippen MR) is 117 cm³/mol. The van der Waals surface area contributed by atoms with Crippen molar-refractivity contribution in [1.82, 2.24) is 14.9 Å². The maximum absolute atomic E-state index is 12.2. The molecular weight excluding hydrogens is 410 g/mol. The van der Waals surface area contributed by atoms with Crippen molar-refractivity contribution in [1.29, 1.82) is 0 Å². The van der Waals surface area contributed by atoms with E-state index in [4.69, 9.17) is 0 Å². The summed E-state index contributed by atoms with van der Waals surface area (Å²) in [6, 6.07) is 10.7. The lowest BCUT2D eigenvalue weighted by Gasteiger charge is -2.37. The van der Waals surface area contributed by atoms with Crippen LogP contribution in [0.25, 0.3) is 0 Å². The molecule has 1 aromatic heterocycles. The molecule has 1 aromatic carbocycles. The molecule has 3 N–H and O–H groups in total. The Hall–Kier alpha value is -2.30. The quantitative estimate of drug-likeness (QED) is 0.345. The van der Waals surface area contributed by atoms with E-state index in [0.29, 0.717) is 16.5 Å². The lowest BCUT2D eigenvalue weighted by molar-refractivity contribution is 0.370. The lowest BCUT2D eigenvalue weighted by Crippen LogP contribution is -2.52. The molecule has 0 amide bonds. The molecule has 0 atom stereocenters. The van der Waals surface area contributed by atoms with Crippen LogP contribution in [0.5, 0.6) is 5.75 Å². The summed E-state index contributed by atoms with van der Waals surface area (Å²) in [5.74, 6) is 1.07. The van der Waals surface area contributed by atoms with Crippen LogP contribution in [0.3, 0.4) is 0 Å². The van der Waals surface area contributed by atoms with Crippen LogP contribution in [0.2, 0.25) is 0 Å². The highest BCUT2D eigenvalue weighted by molar-refractivity contribution is 7.91. The normalized spacial score (nSPS) is 15.6. The van der Waals surface area contributed by atoms with Crippen LogP contribution in [-0.2, 0) is 10.0 Å². The summed E-state index contributed by atoms with van der Waals surface area (Å²) in [4.78, 5) is 8.89. The Morgan fingerprint density at radius 1 is 1.17 bits per heavy atom. The summed E-state index contributed by atoms with van der Waals surface area (Å²) in [6.45, 7) is 6.41. The molecule has 1 saturated heterocycles. The molecule has 0 saturated carbocycles. The SMILES string of the molecule is CCNC(=NCCNS(=O)(=O)c1cccs1)N1CCN(c2ccccc2O)CC1. The van der Waals surface area contributed by atoms with Crippen molar-refractivity contribution in [2.75, 3.05) is 50.7 Å². The maximum atomic E-state index is 12.2. The highest BCUT2D eigenvalue weighted by atomic mass is 32.2. The van der Waals surface area contributed by atoms with E-state index in [-0.39, 0.29) is 6.54 Å². The molecule has 8 nitrogen and oxygen atoms in total. The predicted octanol–water partition coefficient (Wildman–Crippen LogP) is 1.52. The summed E-state index contributed by atoms with van der Waals surface area (Å²) < 4.78 is 27.2. The summed E-state index contributed by atoms with van der Waals surface area (Å²) in [6.07, 6.45) is 0. The van der Waals surface area contributed by atoms with Crippen molar-refractivity contribution >= 4 is 33.0 Å². The van der Waals surface area contributed by atoms with Crippen molar-refractivity contribution < 1.29 is 13.5 Å². The van der Waals surface area contributed by atoms with E-state index in [1.807, 2.05) is 25.1 Å². The number of phenols is 1. The number of hydrogen-bond donors (Lipinski definition) is 3. The van der Waals surface area contributed by atoms with Crippen molar-refractivity contribution in [3.63, 3.8) is 0 Å². The number of benzene rings is 1. The molecule has 0 bridgehead atoms. The van der Waals surface area contributed by atoms with Gasteiger partial charge < -0.3 is 20.2 Å². The molecule has 3 rings (SSSR count). The Balaban J connectivity index is 1.54. The average Bonchev–Trinajstić information content (AvgIpc) is 3.27. The first kappa shape index (κ1) is 21.4. The van der Waals surface area contributed by atoms with Gasteiger partial charge in [-0.25, -0.2) is 13.1 Å². The van der Waals surface area contributed by atoms with Crippen molar-refractivity contribution in [3.05, 3.63) is 41.8 Å². The molecule has 0 radical (unpaired) electrons. The van der Waals surface area contributed by atoms with E-state index < -0.39 is 10.0 Å². The van der Waals surface area contributed by atoms with Gasteiger partial charge in [0.25, 0.3) is 0 Å². The number of nitrogens with zero attached hydrogens (tertiary/aromatic N) is 3. The Morgan fingerprint density at radius 3 is 2.59 bits per heavy atom. The van der Waals surface area contributed by atoms with Crippen LogP contribution in [0, 0.1) is 0 Å². The number of aromatic hydroxyl groups is 1. The maximum Gasteiger partial charge on any atom is 0.250 e. The molecular formula is C19H27N5O3S2. The van der Waals surface area contributed by atoms with Crippen molar-refractivity contribution in [2.24, 2.45) is 4.99 Å². The van der Waals surface area contributed by atoms with Gasteiger partial charge in [-0.05, 0) is 30.5 Å². The number of guanidine groups is 1. The average molecular weight is 438 g/mol. The molecule has 1 aliphatic rings. The number of aliphatic imine (C=N–C) groups is 1. The molecule has 29 heavy (non-hydrogen) atoms. The van der Waals surface area contributed by atoms with Crippen LogP contribution in [0.1, 0.15) is 6.92 Å². The van der Waals surface area contributed by atoms with Crippen molar-refractivity contribution in [2.45, 2.75) is 11.1 Å². The number of rotatable bonds is 7. The minimum absolute atomic E-state index is 0.243. The first-order valence-corrected chi connectivity index (χ1v) is 12.0. The largest absolute Gasteiger partial charge is 0.506 e. The van der Waals surface area contributed by atoms with E-state index in [2.05, 4.69) is 24.8 Å². The lowest BCUT2D eigenvalue weighted by atomic mass is 10.2. The van der Waals surface area contributed by atoms with Gasteiger partial charge in [0.2, 0.25) is 10.0 Å². The Bertz CT molecular complexity index is 908. The zero-order valence-electron chi connectivity index (χ0n) is 16.4. The van der Waals surface area contributed by atoms with Gasteiger partial charge >= 0.3 is 0 Å². The third-order valence-corrected chi connectivity index (χ3v) is 7.42. The van der Waals surface area contributed by atoms with Crippen LogP contribution in [0.15, 0.2) is 51.0 Å². The first-order chi connectivity index (χ1) is 14.0. The fourth-order valence-electron chi connectivity index (χ4n) is 3.15. The molecule has 0 spiro atoms.